The van der Waals surface area contributed by atoms with E-state index in [1.54, 1.807) is 12.1 Å². The maximum absolute atomic E-state index is 12.2. The first-order chi connectivity index (χ1) is 13.7. The van der Waals surface area contributed by atoms with Gasteiger partial charge in [0.15, 0.2) is 5.75 Å². The van der Waals surface area contributed by atoms with Gasteiger partial charge in [0.05, 0.1) is 12.2 Å². The van der Waals surface area contributed by atoms with Gasteiger partial charge in [-0.15, -0.1) is 0 Å². The molecule has 28 heavy (non-hydrogen) atoms. The Morgan fingerprint density at radius 1 is 0.750 bits per heavy atom. The smallest absolute Gasteiger partial charge is 0.243 e. The summed E-state index contributed by atoms with van der Waals surface area (Å²) in [6.45, 7) is -0.0900. The Kier molecular flexibility index (Phi) is 6.79. The Hall–Kier alpha value is -3.60. The molecular formula is C23H22N2O3. The predicted molar refractivity (Wildman–Crippen MR) is 109 cm³/mol. The molecule has 0 aliphatic rings. The quantitative estimate of drug-likeness (QED) is 0.622. The molecule has 0 bridgehead atoms. The summed E-state index contributed by atoms with van der Waals surface area (Å²) in [6.07, 6.45) is 0.979. The van der Waals surface area contributed by atoms with E-state index in [1.165, 1.54) is 0 Å². The number of para-hydroxylation sites is 3. The molecule has 0 aliphatic heterocycles. The number of anilines is 1. The second kappa shape index (κ2) is 9.92. The number of carbonyl (C=O) groups is 2. The molecule has 0 radical (unpaired) electrons. The number of carbonyl (C=O) groups excluding carboxylic acids is 2. The van der Waals surface area contributed by atoms with E-state index in [1.807, 2.05) is 72.8 Å². The third-order valence-corrected chi connectivity index (χ3v) is 4.06. The fourth-order valence-electron chi connectivity index (χ4n) is 2.64. The van der Waals surface area contributed by atoms with Gasteiger partial charge < -0.3 is 15.4 Å². The minimum absolute atomic E-state index is 0.0900. The van der Waals surface area contributed by atoms with Gasteiger partial charge in [-0.05, 0) is 36.2 Å². The third kappa shape index (κ3) is 5.99. The second-order valence-electron chi connectivity index (χ2n) is 6.22. The van der Waals surface area contributed by atoms with E-state index in [2.05, 4.69) is 10.6 Å². The molecule has 0 aromatic heterocycles. The van der Waals surface area contributed by atoms with E-state index in [0.717, 1.165) is 5.56 Å². The molecule has 142 valence electrons. The van der Waals surface area contributed by atoms with Crippen LogP contribution >= 0.6 is 0 Å². The lowest BCUT2D eigenvalue weighted by atomic mass is 10.1. The summed E-state index contributed by atoms with van der Waals surface area (Å²) in [4.78, 5) is 24.2. The maximum atomic E-state index is 12.2. The van der Waals surface area contributed by atoms with Gasteiger partial charge >= 0.3 is 0 Å². The third-order valence-electron chi connectivity index (χ3n) is 4.06. The number of hydrogen-bond acceptors (Lipinski definition) is 3. The Morgan fingerprint density at radius 2 is 1.39 bits per heavy atom. The number of hydrogen-bond donors (Lipinski definition) is 2. The zero-order valence-corrected chi connectivity index (χ0v) is 15.4. The van der Waals surface area contributed by atoms with Crippen LogP contribution in [0.2, 0.25) is 0 Å². The molecule has 0 atom stereocenters. The van der Waals surface area contributed by atoms with Gasteiger partial charge in [-0.3, -0.25) is 9.59 Å². The topological polar surface area (TPSA) is 67.4 Å². The standard InChI is InChI=1S/C23H22N2O3/c26-22(16-15-18-9-3-1-4-10-18)24-17-23(27)25-20-13-7-8-14-21(20)28-19-11-5-2-6-12-19/h1-14H,15-17H2,(H,24,26)(H,25,27). The number of rotatable bonds is 8. The summed E-state index contributed by atoms with van der Waals surface area (Å²) < 4.78 is 5.82. The highest BCUT2D eigenvalue weighted by Gasteiger charge is 2.10. The van der Waals surface area contributed by atoms with E-state index in [0.29, 0.717) is 30.0 Å². The minimum Gasteiger partial charge on any atom is -0.455 e. The fraction of sp³-hybridized carbons (Fsp3) is 0.130. The molecule has 2 amide bonds. The largest absolute Gasteiger partial charge is 0.455 e. The normalized spacial score (nSPS) is 10.1. The van der Waals surface area contributed by atoms with Crippen LogP contribution in [0.15, 0.2) is 84.9 Å². The van der Waals surface area contributed by atoms with Crippen LogP contribution < -0.4 is 15.4 Å². The molecule has 0 unspecified atom stereocenters. The van der Waals surface area contributed by atoms with Crippen LogP contribution in [0.4, 0.5) is 5.69 Å². The van der Waals surface area contributed by atoms with Gasteiger partial charge in [0.25, 0.3) is 0 Å². The van der Waals surface area contributed by atoms with Crippen molar-refractivity contribution in [2.75, 3.05) is 11.9 Å². The maximum Gasteiger partial charge on any atom is 0.243 e. The summed E-state index contributed by atoms with van der Waals surface area (Å²) in [5, 5.41) is 5.43. The molecule has 3 rings (SSSR count). The minimum atomic E-state index is -0.308. The van der Waals surface area contributed by atoms with Gasteiger partial charge in [0, 0.05) is 6.42 Å². The van der Waals surface area contributed by atoms with Crippen molar-refractivity contribution in [3.8, 4) is 11.5 Å². The lowest BCUT2D eigenvalue weighted by Crippen LogP contribution is -2.33. The molecule has 0 saturated carbocycles. The molecule has 0 fully saturated rings. The van der Waals surface area contributed by atoms with E-state index in [-0.39, 0.29) is 18.4 Å². The second-order valence-corrected chi connectivity index (χ2v) is 6.22. The van der Waals surface area contributed by atoms with Crippen molar-refractivity contribution in [1.82, 2.24) is 5.32 Å². The summed E-state index contributed by atoms with van der Waals surface area (Å²) in [7, 11) is 0. The van der Waals surface area contributed by atoms with Crippen molar-refractivity contribution >= 4 is 17.5 Å². The molecule has 0 heterocycles. The monoisotopic (exact) mass is 374 g/mol. The Labute approximate surface area is 164 Å². The molecule has 2 N–H and O–H groups in total. The first-order valence-corrected chi connectivity index (χ1v) is 9.13. The van der Waals surface area contributed by atoms with Gasteiger partial charge in [-0.25, -0.2) is 0 Å². The molecule has 3 aromatic rings. The highest BCUT2D eigenvalue weighted by atomic mass is 16.5. The van der Waals surface area contributed by atoms with E-state index in [9.17, 15) is 9.59 Å². The van der Waals surface area contributed by atoms with Crippen molar-refractivity contribution in [3.05, 3.63) is 90.5 Å². The van der Waals surface area contributed by atoms with E-state index < -0.39 is 0 Å². The van der Waals surface area contributed by atoms with Crippen molar-refractivity contribution in [2.45, 2.75) is 12.8 Å². The first kappa shape index (κ1) is 19.2. The van der Waals surface area contributed by atoms with Crippen LogP contribution in [0.3, 0.4) is 0 Å². The van der Waals surface area contributed by atoms with Crippen molar-refractivity contribution in [3.63, 3.8) is 0 Å². The molecule has 3 aromatic carbocycles. The summed E-state index contributed by atoms with van der Waals surface area (Å²) in [5.41, 5.74) is 1.64. The summed E-state index contributed by atoms with van der Waals surface area (Å²) in [5.74, 6) is 0.751. The van der Waals surface area contributed by atoms with Crippen LogP contribution in [-0.2, 0) is 16.0 Å². The molecule has 5 heteroatoms. The molecule has 0 saturated heterocycles. The fourth-order valence-corrected chi connectivity index (χ4v) is 2.64. The summed E-state index contributed by atoms with van der Waals surface area (Å²) in [6, 6.07) is 26.3. The number of amides is 2. The van der Waals surface area contributed by atoms with Crippen LogP contribution in [0.5, 0.6) is 11.5 Å². The highest BCUT2D eigenvalue weighted by Crippen LogP contribution is 2.28. The average Bonchev–Trinajstić information content (AvgIpc) is 2.74. The van der Waals surface area contributed by atoms with Crippen LogP contribution in [0.1, 0.15) is 12.0 Å². The lowest BCUT2D eigenvalue weighted by molar-refractivity contribution is -0.124. The Balaban J connectivity index is 1.49. The van der Waals surface area contributed by atoms with Crippen LogP contribution in [0.25, 0.3) is 0 Å². The predicted octanol–water partition coefficient (Wildman–Crippen LogP) is 4.17. The Morgan fingerprint density at radius 3 is 2.14 bits per heavy atom. The average molecular weight is 374 g/mol. The SMILES string of the molecule is O=C(CCc1ccccc1)NCC(=O)Nc1ccccc1Oc1ccccc1. The molecule has 5 nitrogen and oxygen atoms in total. The number of ether oxygens (including phenoxy) is 1. The van der Waals surface area contributed by atoms with Crippen molar-refractivity contribution in [2.24, 2.45) is 0 Å². The molecule has 0 spiro atoms. The molecular weight excluding hydrogens is 352 g/mol. The number of benzene rings is 3. The van der Waals surface area contributed by atoms with Crippen molar-refractivity contribution < 1.29 is 14.3 Å². The van der Waals surface area contributed by atoms with E-state index in [4.69, 9.17) is 4.74 Å². The highest BCUT2D eigenvalue weighted by molar-refractivity contribution is 5.95. The summed E-state index contributed by atoms with van der Waals surface area (Å²) >= 11 is 0. The molecule has 0 aliphatic carbocycles. The van der Waals surface area contributed by atoms with E-state index >= 15 is 0 Å². The first-order valence-electron chi connectivity index (χ1n) is 9.13. The lowest BCUT2D eigenvalue weighted by Gasteiger charge is -2.12. The van der Waals surface area contributed by atoms with Gasteiger partial charge in [0.1, 0.15) is 5.75 Å². The number of aryl methyl sites for hydroxylation is 1. The number of nitrogens with one attached hydrogen (secondary N) is 2. The van der Waals surface area contributed by atoms with Gasteiger partial charge in [0.2, 0.25) is 11.8 Å². The van der Waals surface area contributed by atoms with Crippen LogP contribution in [0, 0.1) is 0 Å². The zero-order chi connectivity index (χ0) is 19.6. The van der Waals surface area contributed by atoms with Crippen LogP contribution in [-0.4, -0.2) is 18.4 Å². The zero-order valence-electron chi connectivity index (χ0n) is 15.4. The van der Waals surface area contributed by atoms with Gasteiger partial charge in [-0.1, -0.05) is 60.7 Å². The Bertz CT molecular complexity index is 911. The van der Waals surface area contributed by atoms with Gasteiger partial charge in [-0.2, -0.15) is 0 Å². The van der Waals surface area contributed by atoms with Crippen molar-refractivity contribution in [1.29, 1.82) is 0 Å².